The summed E-state index contributed by atoms with van der Waals surface area (Å²) in [6.45, 7) is 6.39. The van der Waals surface area contributed by atoms with Gasteiger partial charge in [-0.05, 0) is 26.3 Å². The van der Waals surface area contributed by atoms with Crippen molar-refractivity contribution in [2.24, 2.45) is 4.99 Å². The highest BCUT2D eigenvalue weighted by Gasteiger charge is 1.97. The third-order valence-electron chi connectivity index (χ3n) is 1.43. The Morgan fingerprint density at radius 1 is 1.18 bits per heavy atom. The molecule has 3 heteroatoms. The standard InChI is InChI=1S/C8H13FN2/c1-5(6(2)10)7(3)11-8(4)9/h10H,1-4H3/b7-5-,10-6?,11-8?. The summed E-state index contributed by atoms with van der Waals surface area (Å²) in [5.41, 5.74) is 1.71. The van der Waals surface area contributed by atoms with Crippen LogP contribution in [0.25, 0.3) is 0 Å². The van der Waals surface area contributed by atoms with Crippen molar-refractivity contribution in [1.29, 1.82) is 5.41 Å². The number of nitrogens with one attached hydrogen (secondary N) is 1. The minimum atomic E-state index is -0.469. The summed E-state index contributed by atoms with van der Waals surface area (Å²) >= 11 is 0. The molecule has 0 aliphatic rings. The highest BCUT2D eigenvalue weighted by molar-refractivity contribution is 5.96. The van der Waals surface area contributed by atoms with Crippen LogP contribution in [0.2, 0.25) is 0 Å². The lowest BCUT2D eigenvalue weighted by Crippen LogP contribution is -1.94. The molecule has 1 N–H and O–H groups in total. The zero-order valence-electron chi connectivity index (χ0n) is 7.33. The molecule has 0 unspecified atom stereocenters. The molecule has 0 spiro atoms. The fourth-order valence-corrected chi connectivity index (χ4v) is 0.586. The van der Waals surface area contributed by atoms with E-state index in [1.807, 2.05) is 0 Å². The Labute approximate surface area is 66.4 Å². The molecule has 0 saturated carbocycles. The number of allylic oxidation sites excluding steroid dienone is 2. The SMILES string of the molecule is CC(=N)/C(C)=C(/C)N=C(C)F. The van der Waals surface area contributed by atoms with E-state index in [4.69, 9.17) is 5.41 Å². The van der Waals surface area contributed by atoms with E-state index in [0.717, 1.165) is 5.57 Å². The minimum Gasteiger partial charge on any atom is -0.305 e. The van der Waals surface area contributed by atoms with E-state index in [0.29, 0.717) is 11.4 Å². The molecule has 0 rings (SSSR count). The van der Waals surface area contributed by atoms with Crippen molar-refractivity contribution in [1.82, 2.24) is 0 Å². The Morgan fingerprint density at radius 2 is 1.64 bits per heavy atom. The molecule has 11 heavy (non-hydrogen) atoms. The van der Waals surface area contributed by atoms with Crippen molar-refractivity contribution >= 4 is 11.7 Å². The van der Waals surface area contributed by atoms with E-state index in [9.17, 15) is 4.39 Å². The molecule has 0 aliphatic heterocycles. The van der Waals surface area contributed by atoms with Gasteiger partial charge in [0.2, 0.25) is 0 Å². The Kier molecular flexibility index (Phi) is 3.65. The maximum absolute atomic E-state index is 12.2. The molecule has 0 aromatic rings. The highest BCUT2D eigenvalue weighted by Crippen LogP contribution is 2.06. The molecule has 0 aromatic carbocycles. The lowest BCUT2D eigenvalue weighted by atomic mass is 10.2. The van der Waals surface area contributed by atoms with Gasteiger partial charge in [0.1, 0.15) is 0 Å². The van der Waals surface area contributed by atoms with Gasteiger partial charge in [0.05, 0.1) is 0 Å². The molecule has 0 saturated heterocycles. The third-order valence-corrected chi connectivity index (χ3v) is 1.43. The van der Waals surface area contributed by atoms with Crippen LogP contribution in [0.1, 0.15) is 27.7 Å². The predicted molar refractivity (Wildman–Crippen MR) is 46.0 cm³/mol. The molecule has 0 aromatic heterocycles. The van der Waals surface area contributed by atoms with Gasteiger partial charge < -0.3 is 5.41 Å². The Morgan fingerprint density at radius 3 is 1.91 bits per heavy atom. The van der Waals surface area contributed by atoms with Crippen LogP contribution < -0.4 is 0 Å². The second kappa shape index (κ2) is 4.01. The maximum atomic E-state index is 12.2. The van der Waals surface area contributed by atoms with Crippen LogP contribution >= 0.6 is 0 Å². The summed E-state index contributed by atoms with van der Waals surface area (Å²) in [6.07, 6.45) is 0. The number of hydrogen-bond donors (Lipinski definition) is 1. The lowest BCUT2D eigenvalue weighted by molar-refractivity contribution is 0.794. The second-order valence-electron chi connectivity index (χ2n) is 2.44. The monoisotopic (exact) mass is 156 g/mol. The van der Waals surface area contributed by atoms with Gasteiger partial charge in [0.25, 0.3) is 0 Å². The summed E-state index contributed by atoms with van der Waals surface area (Å²) in [6, 6.07) is 0. The van der Waals surface area contributed by atoms with Gasteiger partial charge in [0.15, 0.2) is 5.97 Å². The topological polar surface area (TPSA) is 36.2 Å². The molecule has 0 bridgehead atoms. The maximum Gasteiger partial charge on any atom is 0.186 e. The second-order valence-corrected chi connectivity index (χ2v) is 2.44. The van der Waals surface area contributed by atoms with E-state index < -0.39 is 5.97 Å². The summed E-state index contributed by atoms with van der Waals surface area (Å²) in [5, 5.41) is 7.23. The van der Waals surface area contributed by atoms with E-state index in [1.54, 1.807) is 20.8 Å². The summed E-state index contributed by atoms with van der Waals surface area (Å²) in [7, 11) is 0. The first-order valence-electron chi connectivity index (χ1n) is 3.39. The van der Waals surface area contributed by atoms with Crippen LogP contribution in [0.4, 0.5) is 4.39 Å². The van der Waals surface area contributed by atoms with Crippen LogP contribution in [0.5, 0.6) is 0 Å². The average Bonchev–Trinajstić information content (AvgIpc) is 1.84. The average molecular weight is 156 g/mol. The largest absolute Gasteiger partial charge is 0.305 e. The van der Waals surface area contributed by atoms with Crippen molar-refractivity contribution in [3.63, 3.8) is 0 Å². The summed E-state index contributed by atoms with van der Waals surface area (Å²) < 4.78 is 12.2. The van der Waals surface area contributed by atoms with Crippen LogP contribution in [-0.4, -0.2) is 11.7 Å². The van der Waals surface area contributed by atoms with Crippen LogP contribution in [0, 0.1) is 5.41 Å². The van der Waals surface area contributed by atoms with E-state index in [-0.39, 0.29) is 0 Å². The Hall–Kier alpha value is -0.990. The quantitative estimate of drug-likeness (QED) is 0.597. The van der Waals surface area contributed by atoms with Gasteiger partial charge in [-0.1, -0.05) is 0 Å². The van der Waals surface area contributed by atoms with Gasteiger partial charge in [-0.25, -0.2) is 4.99 Å². The smallest absolute Gasteiger partial charge is 0.186 e. The van der Waals surface area contributed by atoms with Crippen molar-refractivity contribution in [2.45, 2.75) is 27.7 Å². The fourth-order valence-electron chi connectivity index (χ4n) is 0.586. The minimum absolute atomic E-state index is 0.424. The van der Waals surface area contributed by atoms with Gasteiger partial charge in [-0.2, -0.15) is 4.39 Å². The van der Waals surface area contributed by atoms with Gasteiger partial charge in [-0.3, -0.25) is 0 Å². The van der Waals surface area contributed by atoms with E-state index >= 15 is 0 Å². The molecular formula is C8H13FN2. The highest BCUT2D eigenvalue weighted by atomic mass is 19.1. The summed E-state index contributed by atoms with van der Waals surface area (Å²) in [5.74, 6) is -0.469. The fraction of sp³-hybridized carbons (Fsp3) is 0.500. The molecule has 62 valence electrons. The van der Waals surface area contributed by atoms with Gasteiger partial charge in [-0.15, -0.1) is 0 Å². The van der Waals surface area contributed by atoms with E-state index in [2.05, 4.69) is 4.99 Å². The van der Waals surface area contributed by atoms with Crippen molar-refractivity contribution in [2.75, 3.05) is 0 Å². The molecule has 0 aliphatic carbocycles. The number of hydrogen-bond acceptors (Lipinski definition) is 2. The Bertz CT molecular complexity index is 222. The van der Waals surface area contributed by atoms with Gasteiger partial charge in [0, 0.05) is 18.3 Å². The van der Waals surface area contributed by atoms with Crippen LogP contribution in [-0.2, 0) is 0 Å². The number of halogens is 1. The first-order chi connectivity index (χ1) is 4.95. The van der Waals surface area contributed by atoms with E-state index in [1.165, 1.54) is 6.92 Å². The first kappa shape index (κ1) is 10.0. The van der Waals surface area contributed by atoms with Crippen LogP contribution in [0.15, 0.2) is 16.3 Å². The van der Waals surface area contributed by atoms with Crippen molar-refractivity contribution in [3.05, 3.63) is 11.3 Å². The van der Waals surface area contributed by atoms with Crippen LogP contribution in [0.3, 0.4) is 0 Å². The van der Waals surface area contributed by atoms with Crippen molar-refractivity contribution < 1.29 is 4.39 Å². The normalized spacial score (nSPS) is 14.5. The van der Waals surface area contributed by atoms with Crippen molar-refractivity contribution in [3.8, 4) is 0 Å². The summed E-state index contributed by atoms with van der Waals surface area (Å²) in [4.78, 5) is 3.59. The molecule has 0 heterocycles. The number of rotatable bonds is 2. The predicted octanol–water partition coefficient (Wildman–Crippen LogP) is 2.71. The Balaban J connectivity index is 4.68. The number of aliphatic imine (C=N–C) groups is 1. The zero-order chi connectivity index (χ0) is 9.02. The first-order valence-corrected chi connectivity index (χ1v) is 3.39. The van der Waals surface area contributed by atoms with Gasteiger partial charge >= 0.3 is 0 Å². The molecule has 0 atom stereocenters. The molecule has 0 fully saturated rings. The molecule has 2 nitrogen and oxygen atoms in total. The molecular weight excluding hydrogens is 143 g/mol. The lowest BCUT2D eigenvalue weighted by Gasteiger charge is -1.99. The zero-order valence-corrected chi connectivity index (χ0v) is 7.33. The molecule has 0 amide bonds. The third kappa shape index (κ3) is 3.65. The number of nitrogens with zero attached hydrogens (tertiary/aromatic N) is 1. The molecule has 0 radical (unpaired) electrons.